The van der Waals surface area contributed by atoms with E-state index in [-0.39, 0.29) is 24.4 Å². The zero-order valence-corrected chi connectivity index (χ0v) is 24.2. The summed E-state index contributed by atoms with van der Waals surface area (Å²) < 4.78 is 8.13. The number of aromatic nitrogens is 2. The first-order valence-corrected chi connectivity index (χ1v) is 14.8. The van der Waals surface area contributed by atoms with Crippen LogP contribution in [0, 0.1) is 5.92 Å². The van der Waals surface area contributed by atoms with Crippen LogP contribution in [-0.2, 0) is 17.8 Å². The summed E-state index contributed by atoms with van der Waals surface area (Å²) in [6.45, 7) is 5.31. The Morgan fingerprint density at radius 1 is 1.15 bits per heavy atom. The molecule has 1 fully saturated rings. The van der Waals surface area contributed by atoms with Crippen molar-refractivity contribution >= 4 is 28.7 Å². The van der Waals surface area contributed by atoms with Crippen LogP contribution in [0.4, 0.5) is 10.5 Å². The van der Waals surface area contributed by atoms with Crippen molar-refractivity contribution in [3.05, 3.63) is 53.9 Å². The van der Waals surface area contributed by atoms with Crippen molar-refractivity contribution < 1.29 is 19.4 Å². The number of unbranched alkanes of at least 4 members (excludes halogenated alkanes) is 1. The smallest absolute Gasteiger partial charge is 0.321 e. The number of ether oxygens (including phenoxy) is 1. The van der Waals surface area contributed by atoms with Crippen molar-refractivity contribution in [2.75, 3.05) is 18.6 Å². The number of anilines is 1. The maximum absolute atomic E-state index is 12.9. The molecule has 0 aliphatic heterocycles. The summed E-state index contributed by atoms with van der Waals surface area (Å²) in [6, 6.07) is 14.4. The van der Waals surface area contributed by atoms with Crippen molar-refractivity contribution in [2.24, 2.45) is 5.92 Å². The molecule has 1 unspecified atom stereocenters. The zero-order chi connectivity index (χ0) is 28.5. The third kappa shape index (κ3) is 7.99. The van der Waals surface area contributed by atoms with Crippen LogP contribution in [0.3, 0.4) is 0 Å². The fourth-order valence-electron chi connectivity index (χ4n) is 5.37. The molecule has 1 saturated carbocycles. The second-order valence-electron chi connectivity index (χ2n) is 11.2. The maximum Gasteiger partial charge on any atom is 0.321 e. The lowest BCUT2D eigenvalue weighted by Gasteiger charge is -2.26. The molecule has 1 aliphatic carbocycles. The van der Waals surface area contributed by atoms with Gasteiger partial charge in [0.2, 0.25) is 0 Å². The maximum atomic E-state index is 12.9. The van der Waals surface area contributed by atoms with Gasteiger partial charge in [0, 0.05) is 38.2 Å². The molecule has 2 aromatic carbocycles. The highest BCUT2D eigenvalue weighted by Gasteiger charge is 2.20. The average Bonchev–Trinajstić information content (AvgIpc) is 3.28. The summed E-state index contributed by atoms with van der Waals surface area (Å²) in [5.41, 5.74) is 3.95. The molecule has 1 heterocycles. The van der Waals surface area contributed by atoms with Crippen molar-refractivity contribution in [3.63, 3.8) is 0 Å². The first kappa shape index (κ1) is 29.4. The van der Waals surface area contributed by atoms with E-state index in [2.05, 4.69) is 35.0 Å². The molecular formula is C32H44N4O4. The number of carbonyl (C=O) groups is 2. The van der Waals surface area contributed by atoms with Crippen LogP contribution in [0.5, 0.6) is 5.75 Å². The number of hydrogen-bond donors (Lipinski definition) is 2. The van der Waals surface area contributed by atoms with Crippen LogP contribution < -0.4 is 15.0 Å². The second kappa shape index (κ2) is 14.2. The van der Waals surface area contributed by atoms with Gasteiger partial charge in [0.15, 0.2) is 0 Å². The SMILES string of the molecule is CCCCc1nc2cc(N(C)C(=O)NC3CCCCC3)ccc2n1Cc1ccc(OCCC(C)CC(=O)O)cc1. The van der Waals surface area contributed by atoms with Gasteiger partial charge in [-0.15, -0.1) is 0 Å². The summed E-state index contributed by atoms with van der Waals surface area (Å²) in [6.07, 6.45) is 9.66. The van der Waals surface area contributed by atoms with E-state index in [1.54, 1.807) is 4.90 Å². The summed E-state index contributed by atoms with van der Waals surface area (Å²) in [5.74, 6) is 1.15. The number of urea groups is 1. The molecule has 0 bridgehead atoms. The minimum Gasteiger partial charge on any atom is -0.494 e. The second-order valence-corrected chi connectivity index (χ2v) is 11.2. The summed E-state index contributed by atoms with van der Waals surface area (Å²) in [5, 5.41) is 12.1. The number of nitrogens with zero attached hydrogens (tertiary/aromatic N) is 3. The van der Waals surface area contributed by atoms with Crippen LogP contribution in [0.25, 0.3) is 11.0 Å². The van der Waals surface area contributed by atoms with Crippen LogP contribution >= 0.6 is 0 Å². The minimum atomic E-state index is -0.773. The number of nitrogens with one attached hydrogen (secondary N) is 1. The van der Waals surface area contributed by atoms with Gasteiger partial charge in [-0.2, -0.15) is 0 Å². The number of carboxylic acids is 1. The third-order valence-corrected chi connectivity index (χ3v) is 7.86. The monoisotopic (exact) mass is 548 g/mol. The molecule has 8 nitrogen and oxygen atoms in total. The van der Waals surface area contributed by atoms with Crippen LogP contribution in [0.1, 0.15) is 83.0 Å². The molecule has 4 rings (SSSR count). The van der Waals surface area contributed by atoms with Crippen LogP contribution in [-0.4, -0.2) is 46.4 Å². The molecule has 216 valence electrons. The largest absolute Gasteiger partial charge is 0.494 e. The molecule has 1 aromatic heterocycles. The van der Waals surface area contributed by atoms with Gasteiger partial charge in [-0.1, -0.05) is 51.7 Å². The number of imidazole rings is 1. The molecule has 1 atom stereocenters. The molecular weight excluding hydrogens is 504 g/mol. The Hall–Kier alpha value is -3.55. The van der Waals surface area contributed by atoms with E-state index in [4.69, 9.17) is 14.8 Å². The number of fused-ring (bicyclic) bond motifs is 1. The van der Waals surface area contributed by atoms with Crippen molar-refractivity contribution in [3.8, 4) is 5.75 Å². The number of carboxylic acid groups (broad SMARTS) is 1. The van der Waals surface area contributed by atoms with Crippen LogP contribution in [0.15, 0.2) is 42.5 Å². The number of carbonyl (C=O) groups excluding carboxylic acids is 1. The number of rotatable bonds is 13. The van der Waals surface area contributed by atoms with Gasteiger partial charge in [0.1, 0.15) is 11.6 Å². The lowest BCUT2D eigenvalue weighted by molar-refractivity contribution is -0.138. The molecule has 2 amide bonds. The van der Waals surface area contributed by atoms with Gasteiger partial charge in [0.05, 0.1) is 17.6 Å². The Kier molecular flexibility index (Phi) is 10.4. The lowest BCUT2D eigenvalue weighted by Crippen LogP contribution is -2.43. The van der Waals surface area contributed by atoms with E-state index in [0.717, 1.165) is 66.0 Å². The number of hydrogen-bond acceptors (Lipinski definition) is 4. The quantitative estimate of drug-likeness (QED) is 0.245. The van der Waals surface area contributed by atoms with Crippen molar-refractivity contribution in [1.82, 2.24) is 14.9 Å². The van der Waals surface area contributed by atoms with E-state index in [1.165, 1.54) is 19.3 Å². The number of aliphatic carboxylic acids is 1. The Bertz CT molecular complexity index is 1260. The first-order chi connectivity index (χ1) is 19.3. The van der Waals surface area contributed by atoms with E-state index in [9.17, 15) is 9.59 Å². The summed E-state index contributed by atoms with van der Waals surface area (Å²) in [7, 11) is 1.82. The highest BCUT2D eigenvalue weighted by Crippen LogP contribution is 2.26. The van der Waals surface area contributed by atoms with Crippen LogP contribution in [0.2, 0.25) is 0 Å². The van der Waals surface area contributed by atoms with Gasteiger partial charge in [-0.3, -0.25) is 9.69 Å². The molecule has 3 aromatic rings. The van der Waals surface area contributed by atoms with E-state index >= 15 is 0 Å². The van der Waals surface area contributed by atoms with E-state index in [1.807, 2.05) is 38.2 Å². The lowest BCUT2D eigenvalue weighted by atomic mass is 9.96. The standard InChI is InChI=1S/C32H44N4O4/c1-4-5-11-30-34-28-21-26(35(3)32(39)33-25-9-7-6-8-10-25)14-17-29(28)36(30)22-24-12-15-27(16-13-24)40-19-18-23(2)20-31(37)38/h12-17,21,23,25H,4-11,18-20,22H2,1-3H3,(H,33,39)(H,37,38). The minimum absolute atomic E-state index is 0.0597. The van der Waals surface area contributed by atoms with E-state index in [0.29, 0.717) is 19.6 Å². The zero-order valence-electron chi connectivity index (χ0n) is 24.2. The summed E-state index contributed by atoms with van der Waals surface area (Å²) in [4.78, 5) is 30.5. The number of benzene rings is 2. The van der Waals surface area contributed by atoms with Gasteiger partial charge < -0.3 is 19.7 Å². The fourth-order valence-corrected chi connectivity index (χ4v) is 5.37. The average molecular weight is 549 g/mol. The Balaban J connectivity index is 1.45. The highest BCUT2D eigenvalue weighted by molar-refractivity contribution is 5.94. The fraction of sp³-hybridized carbons (Fsp3) is 0.531. The van der Waals surface area contributed by atoms with Crippen molar-refractivity contribution in [2.45, 2.75) is 90.6 Å². The molecule has 8 heteroatoms. The predicted octanol–water partition coefficient (Wildman–Crippen LogP) is 6.79. The van der Waals surface area contributed by atoms with Gasteiger partial charge in [0.25, 0.3) is 0 Å². The molecule has 40 heavy (non-hydrogen) atoms. The third-order valence-electron chi connectivity index (χ3n) is 7.86. The Morgan fingerprint density at radius 3 is 2.60 bits per heavy atom. The first-order valence-electron chi connectivity index (χ1n) is 14.8. The Labute approximate surface area is 237 Å². The molecule has 2 N–H and O–H groups in total. The van der Waals surface area contributed by atoms with Crippen molar-refractivity contribution in [1.29, 1.82) is 0 Å². The predicted molar refractivity (Wildman–Crippen MR) is 159 cm³/mol. The highest BCUT2D eigenvalue weighted by atomic mass is 16.5. The van der Waals surface area contributed by atoms with E-state index < -0.39 is 5.97 Å². The summed E-state index contributed by atoms with van der Waals surface area (Å²) >= 11 is 0. The molecule has 0 radical (unpaired) electrons. The Morgan fingerprint density at radius 2 is 1.90 bits per heavy atom. The number of amides is 2. The van der Waals surface area contributed by atoms with Gasteiger partial charge >= 0.3 is 12.0 Å². The normalized spacial score (nSPS) is 14.7. The molecule has 1 aliphatic rings. The molecule has 0 spiro atoms. The van der Waals surface area contributed by atoms with Gasteiger partial charge in [-0.05, 0) is 67.5 Å². The number of aryl methyl sites for hydroxylation is 1. The van der Waals surface area contributed by atoms with Gasteiger partial charge in [-0.25, -0.2) is 9.78 Å². The molecule has 0 saturated heterocycles. The topological polar surface area (TPSA) is 96.7 Å².